The molecule has 1 spiro atoms. The van der Waals surface area contributed by atoms with E-state index in [0.717, 1.165) is 42.2 Å². The molecule has 3 aliphatic rings. The molecule has 6 heteroatoms. The molecule has 1 atom stereocenters. The Morgan fingerprint density at radius 1 is 1.27 bits per heavy atom. The van der Waals surface area contributed by atoms with Crippen LogP contribution in [0.15, 0.2) is 57.0 Å². The van der Waals surface area contributed by atoms with Gasteiger partial charge in [0.15, 0.2) is 9.84 Å². The predicted octanol–water partition coefficient (Wildman–Crippen LogP) is 3.30. The highest BCUT2D eigenvalue weighted by Crippen LogP contribution is 2.50. The molecule has 0 saturated heterocycles. The molecule has 1 unspecified atom stereocenters. The number of benzene rings is 1. The van der Waals surface area contributed by atoms with E-state index in [4.69, 9.17) is 9.98 Å². The van der Waals surface area contributed by atoms with Crippen molar-refractivity contribution in [1.82, 2.24) is 4.90 Å². The Morgan fingerprint density at radius 2 is 2.08 bits per heavy atom. The maximum absolute atomic E-state index is 12.3. The van der Waals surface area contributed by atoms with Crippen molar-refractivity contribution in [3.8, 4) is 0 Å². The fraction of sp³-hybridized carbons (Fsp3) is 0.400. The summed E-state index contributed by atoms with van der Waals surface area (Å²) < 4.78 is 24.6. The Kier molecular flexibility index (Phi) is 3.91. The second kappa shape index (κ2) is 5.91. The van der Waals surface area contributed by atoms with Gasteiger partial charge in [0.2, 0.25) is 0 Å². The van der Waals surface area contributed by atoms with Crippen LogP contribution in [-0.2, 0) is 9.84 Å². The van der Waals surface area contributed by atoms with Gasteiger partial charge in [-0.1, -0.05) is 25.1 Å². The van der Waals surface area contributed by atoms with Crippen molar-refractivity contribution < 1.29 is 8.42 Å². The van der Waals surface area contributed by atoms with E-state index in [2.05, 4.69) is 17.2 Å². The molecule has 3 heterocycles. The van der Waals surface area contributed by atoms with Gasteiger partial charge in [-0.3, -0.25) is 0 Å². The van der Waals surface area contributed by atoms with Crippen LogP contribution in [-0.4, -0.2) is 44.2 Å². The van der Waals surface area contributed by atoms with Crippen molar-refractivity contribution >= 4 is 27.1 Å². The molecule has 1 aromatic carbocycles. The van der Waals surface area contributed by atoms with E-state index in [9.17, 15) is 8.42 Å². The van der Waals surface area contributed by atoms with Gasteiger partial charge in [0, 0.05) is 24.9 Å². The highest BCUT2D eigenvalue weighted by Gasteiger charge is 2.47. The van der Waals surface area contributed by atoms with Gasteiger partial charge >= 0.3 is 0 Å². The quantitative estimate of drug-likeness (QED) is 0.821. The summed E-state index contributed by atoms with van der Waals surface area (Å²) in [5, 5.41) is 0. The highest BCUT2D eigenvalue weighted by molar-refractivity contribution is 7.91. The van der Waals surface area contributed by atoms with Gasteiger partial charge in [0.25, 0.3) is 0 Å². The van der Waals surface area contributed by atoms with Gasteiger partial charge in [-0.05, 0) is 43.7 Å². The topological polar surface area (TPSA) is 62.1 Å². The molecule has 5 nitrogen and oxygen atoms in total. The third kappa shape index (κ3) is 2.55. The van der Waals surface area contributed by atoms with Gasteiger partial charge in [-0.25, -0.2) is 18.4 Å². The molecule has 1 aromatic rings. The van der Waals surface area contributed by atoms with E-state index in [0.29, 0.717) is 4.90 Å². The maximum atomic E-state index is 12.3. The number of sulfone groups is 1. The van der Waals surface area contributed by atoms with Crippen LogP contribution in [0.2, 0.25) is 0 Å². The van der Waals surface area contributed by atoms with Crippen LogP contribution in [0, 0.1) is 5.41 Å². The summed E-state index contributed by atoms with van der Waals surface area (Å²) in [4.78, 5) is 12.1. The summed E-state index contributed by atoms with van der Waals surface area (Å²) in [6, 6.07) is 7.16. The molecule has 26 heavy (non-hydrogen) atoms. The minimum Gasteiger partial charge on any atom is -0.377 e. The Balaban J connectivity index is 1.90. The van der Waals surface area contributed by atoms with Crippen LogP contribution in [0.3, 0.4) is 0 Å². The van der Waals surface area contributed by atoms with Crippen molar-refractivity contribution in [3.63, 3.8) is 0 Å². The third-order valence-corrected chi connectivity index (χ3v) is 7.22. The van der Waals surface area contributed by atoms with E-state index < -0.39 is 9.84 Å². The van der Waals surface area contributed by atoms with Gasteiger partial charge < -0.3 is 4.90 Å². The van der Waals surface area contributed by atoms with Crippen LogP contribution < -0.4 is 0 Å². The summed E-state index contributed by atoms with van der Waals surface area (Å²) in [5.74, 6) is 0.940. The lowest BCUT2D eigenvalue weighted by Crippen LogP contribution is -2.38. The number of amidine groups is 1. The maximum Gasteiger partial charge on any atom is 0.178 e. The standard InChI is InChI=1S/C20H23N3O2S/c1-4-26(24,25)16-7-5-6-15(12-16)18-17-13-23(3)11-10-20(17)9-8-14(2)21-19(20)22-18/h5-7,10-12H,4,8-9,13H2,1-3H3. The van der Waals surface area contributed by atoms with E-state index in [1.807, 2.05) is 20.0 Å². The lowest BCUT2D eigenvalue weighted by molar-refractivity contribution is 0.413. The van der Waals surface area contributed by atoms with Crippen LogP contribution in [0.4, 0.5) is 0 Å². The molecular weight excluding hydrogens is 346 g/mol. The molecule has 0 aliphatic carbocycles. The SMILES string of the molecule is CCS(=O)(=O)c1cccc(C2=C3CN(C)C=CC34CCC(C)=NC4=N2)c1. The van der Waals surface area contributed by atoms with Crippen LogP contribution in [0.25, 0.3) is 5.70 Å². The molecule has 136 valence electrons. The zero-order valence-electron chi connectivity index (χ0n) is 15.4. The van der Waals surface area contributed by atoms with Crippen LogP contribution >= 0.6 is 0 Å². The monoisotopic (exact) mass is 369 g/mol. The first-order valence-corrected chi connectivity index (χ1v) is 10.6. The minimum atomic E-state index is -3.25. The predicted molar refractivity (Wildman–Crippen MR) is 105 cm³/mol. The second-order valence-corrected chi connectivity index (χ2v) is 9.52. The lowest BCUT2D eigenvalue weighted by atomic mass is 9.72. The van der Waals surface area contributed by atoms with Crippen molar-refractivity contribution in [1.29, 1.82) is 0 Å². The first kappa shape index (κ1) is 17.2. The zero-order chi connectivity index (χ0) is 18.5. The Hall–Kier alpha value is -2.21. The molecule has 0 radical (unpaired) electrons. The van der Waals surface area contributed by atoms with Gasteiger partial charge in [0.1, 0.15) is 5.84 Å². The summed E-state index contributed by atoms with van der Waals surface area (Å²) in [5.41, 5.74) is 3.82. The number of hydrogen-bond acceptors (Lipinski definition) is 5. The molecule has 0 saturated carbocycles. The van der Waals surface area contributed by atoms with Crippen molar-refractivity contribution in [2.75, 3.05) is 19.3 Å². The molecule has 0 bridgehead atoms. The molecule has 3 aliphatic heterocycles. The Labute approximate surface area is 154 Å². The second-order valence-electron chi connectivity index (χ2n) is 7.24. The molecule has 0 amide bonds. The van der Waals surface area contributed by atoms with Crippen LogP contribution in [0.1, 0.15) is 32.3 Å². The number of rotatable bonds is 3. The minimum absolute atomic E-state index is 0.0930. The number of likely N-dealkylation sites (N-methyl/N-ethyl adjacent to an activating group) is 1. The molecule has 0 aromatic heterocycles. The summed E-state index contributed by atoms with van der Waals surface area (Å²) >= 11 is 0. The molecular formula is C20H23N3O2S. The van der Waals surface area contributed by atoms with E-state index in [1.54, 1.807) is 25.1 Å². The molecule has 0 N–H and O–H groups in total. The number of nitrogens with zero attached hydrogens (tertiary/aromatic N) is 3. The van der Waals surface area contributed by atoms with Crippen molar-refractivity contribution in [2.24, 2.45) is 15.4 Å². The smallest absolute Gasteiger partial charge is 0.178 e. The normalized spacial score (nSPS) is 25.0. The number of hydrogen-bond donors (Lipinski definition) is 0. The van der Waals surface area contributed by atoms with Gasteiger partial charge in [0.05, 0.1) is 21.8 Å². The largest absolute Gasteiger partial charge is 0.377 e. The Bertz CT molecular complexity index is 1000. The third-order valence-electron chi connectivity index (χ3n) is 5.49. The van der Waals surface area contributed by atoms with Crippen molar-refractivity contribution in [2.45, 2.75) is 31.6 Å². The summed E-state index contributed by atoms with van der Waals surface area (Å²) in [7, 11) is -1.21. The first-order chi connectivity index (χ1) is 12.4. The van der Waals surface area contributed by atoms with E-state index in [-0.39, 0.29) is 11.2 Å². The fourth-order valence-electron chi connectivity index (χ4n) is 3.89. The average molecular weight is 369 g/mol. The highest BCUT2D eigenvalue weighted by atomic mass is 32.2. The summed E-state index contributed by atoms with van der Waals surface area (Å²) in [6.45, 7) is 4.49. The lowest BCUT2D eigenvalue weighted by Gasteiger charge is -2.38. The first-order valence-electron chi connectivity index (χ1n) is 8.95. The van der Waals surface area contributed by atoms with Crippen LogP contribution in [0.5, 0.6) is 0 Å². The van der Waals surface area contributed by atoms with Gasteiger partial charge in [-0.15, -0.1) is 0 Å². The van der Waals surface area contributed by atoms with Gasteiger partial charge in [-0.2, -0.15) is 0 Å². The zero-order valence-corrected chi connectivity index (χ0v) is 16.2. The van der Waals surface area contributed by atoms with Crippen molar-refractivity contribution in [3.05, 3.63) is 47.7 Å². The average Bonchev–Trinajstić information content (AvgIpc) is 2.96. The molecule has 0 fully saturated rings. The molecule has 4 rings (SSSR count). The number of aliphatic imine (C=N–C) groups is 2. The Morgan fingerprint density at radius 3 is 2.85 bits per heavy atom. The summed E-state index contributed by atoms with van der Waals surface area (Å²) in [6.07, 6.45) is 6.24. The fourth-order valence-corrected chi connectivity index (χ4v) is 4.82. The van der Waals surface area contributed by atoms with E-state index >= 15 is 0 Å². The van der Waals surface area contributed by atoms with E-state index in [1.165, 1.54) is 5.57 Å².